The van der Waals surface area contributed by atoms with Crippen LogP contribution in [0, 0.1) is 5.92 Å². The first-order valence-electron chi connectivity index (χ1n) is 6.05. The molecule has 1 aliphatic rings. The number of nitrogens with two attached hydrogens (primary N) is 1. The summed E-state index contributed by atoms with van der Waals surface area (Å²) in [7, 11) is 0. The zero-order chi connectivity index (χ0) is 12.5. The maximum absolute atomic E-state index is 5.82. The lowest BCUT2D eigenvalue weighted by molar-refractivity contribution is 0.535. The first-order chi connectivity index (χ1) is 8.74. The van der Waals surface area contributed by atoms with Crippen molar-refractivity contribution in [2.24, 2.45) is 5.92 Å². The van der Waals surface area contributed by atoms with Gasteiger partial charge in [-0.05, 0) is 41.0 Å². The molecular formula is C12H14BrN5. The highest BCUT2D eigenvalue weighted by Gasteiger charge is 2.22. The molecule has 2 N–H and O–H groups in total. The number of anilines is 1. The summed E-state index contributed by atoms with van der Waals surface area (Å²) in [5.41, 5.74) is 7.47. The van der Waals surface area contributed by atoms with Gasteiger partial charge in [0.15, 0.2) is 5.82 Å². The smallest absolute Gasteiger partial charge is 0.183 e. The van der Waals surface area contributed by atoms with Gasteiger partial charge in [-0.15, -0.1) is 5.10 Å². The van der Waals surface area contributed by atoms with Gasteiger partial charge in [-0.1, -0.05) is 28.8 Å². The van der Waals surface area contributed by atoms with Gasteiger partial charge in [-0.25, -0.2) is 4.68 Å². The second kappa shape index (κ2) is 4.68. The van der Waals surface area contributed by atoms with E-state index in [1.807, 2.05) is 22.9 Å². The van der Waals surface area contributed by atoms with Gasteiger partial charge in [0, 0.05) is 22.3 Å². The van der Waals surface area contributed by atoms with Crippen molar-refractivity contribution in [2.45, 2.75) is 25.8 Å². The van der Waals surface area contributed by atoms with E-state index in [2.05, 4.69) is 31.5 Å². The molecule has 1 aliphatic carbocycles. The fourth-order valence-corrected chi connectivity index (χ4v) is 2.40. The summed E-state index contributed by atoms with van der Waals surface area (Å²) in [5, 5.41) is 11.9. The highest BCUT2D eigenvalue weighted by Crippen LogP contribution is 2.33. The lowest BCUT2D eigenvalue weighted by Crippen LogP contribution is -2.04. The molecule has 0 radical (unpaired) electrons. The lowest BCUT2D eigenvalue weighted by Gasteiger charge is -2.06. The number of aromatic nitrogens is 4. The van der Waals surface area contributed by atoms with Crippen LogP contribution in [-0.4, -0.2) is 20.2 Å². The molecule has 0 unspecified atom stereocenters. The Kier molecular flexibility index (Phi) is 3.03. The van der Waals surface area contributed by atoms with Crippen LogP contribution in [0.2, 0.25) is 0 Å². The standard InChI is InChI=1S/C12H14BrN5/c13-11-4-3-9(14)7-10(11)12-15-16-17-18(12)6-5-8-1-2-8/h3-4,7-8H,1-2,5-6,14H2. The summed E-state index contributed by atoms with van der Waals surface area (Å²) >= 11 is 3.51. The van der Waals surface area contributed by atoms with Crippen LogP contribution in [0.3, 0.4) is 0 Å². The van der Waals surface area contributed by atoms with Gasteiger partial charge < -0.3 is 5.73 Å². The average Bonchev–Trinajstić information content (AvgIpc) is 3.08. The van der Waals surface area contributed by atoms with Crippen molar-refractivity contribution in [1.29, 1.82) is 0 Å². The van der Waals surface area contributed by atoms with Crippen molar-refractivity contribution in [2.75, 3.05) is 5.73 Å². The van der Waals surface area contributed by atoms with Crippen LogP contribution < -0.4 is 5.73 Å². The monoisotopic (exact) mass is 307 g/mol. The van der Waals surface area contributed by atoms with E-state index in [1.54, 1.807) is 0 Å². The number of hydrogen-bond acceptors (Lipinski definition) is 4. The van der Waals surface area contributed by atoms with Crippen LogP contribution in [0.1, 0.15) is 19.3 Å². The molecule has 18 heavy (non-hydrogen) atoms. The first kappa shape index (κ1) is 11.6. The predicted molar refractivity (Wildman–Crippen MR) is 72.7 cm³/mol. The minimum absolute atomic E-state index is 0.713. The number of nitrogen functional groups attached to an aromatic ring is 1. The molecule has 1 fully saturated rings. The van der Waals surface area contributed by atoms with Crippen molar-refractivity contribution in [3.63, 3.8) is 0 Å². The maximum Gasteiger partial charge on any atom is 0.183 e. The number of aryl methyl sites for hydroxylation is 1. The predicted octanol–water partition coefficient (Wildman–Crippen LogP) is 2.48. The van der Waals surface area contributed by atoms with E-state index in [0.29, 0.717) is 5.69 Å². The Morgan fingerprint density at radius 2 is 2.22 bits per heavy atom. The molecule has 3 rings (SSSR count). The molecule has 94 valence electrons. The number of halogens is 1. The summed E-state index contributed by atoms with van der Waals surface area (Å²) in [6.45, 7) is 0.869. The molecule has 0 atom stereocenters. The second-order valence-electron chi connectivity index (χ2n) is 4.70. The molecule has 0 spiro atoms. The van der Waals surface area contributed by atoms with Gasteiger partial charge >= 0.3 is 0 Å². The molecule has 0 amide bonds. The topological polar surface area (TPSA) is 69.6 Å². The normalized spacial score (nSPS) is 14.9. The van der Waals surface area contributed by atoms with E-state index in [0.717, 1.165) is 34.7 Å². The summed E-state index contributed by atoms with van der Waals surface area (Å²) in [6, 6.07) is 5.67. The Morgan fingerprint density at radius 3 is 3.00 bits per heavy atom. The van der Waals surface area contributed by atoms with Crippen molar-refractivity contribution in [3.8, 4) is 11.4 Å². The summed E-state index contributed by atoms with van der Waals surface area (Å²) in [6.07, 6.45) is 3.84. The van der Waals surface area contributed by atoms with Crippen LogP contribution in [0.5, 0.6) is 0 Å². The fourth-order valence-electron chi connectivity index (χ4n) is 1.97. The largest absolute Gasteiger partial charge is 0.399 e. The summed E-state index contributed by atoms with van der Waals surface area (Å²) in [4.78, 5) is 0. The molecule has 0 aliphatic heterocycles. The van der Waals surface area contributed by atoms with Crippen molar-refractivity contribution >= 4 is 21.6 Å². The van der Waals surface area contributed by atoms with Gasteiger partial charge in [-0.2, -0.15) is 0 Å². The Hall–Kier alpha value is -1.43. The van der Waals surface area contributed by atoms with E-state index in [4.69, 9.17) is 5.73 Å². The van der Waals surface area contributed by atoms with Gasteiger partial charge in [0.25, 0.3) is 0 Å². The molecule has 0 bridgehead atoms. The molecule has 1 aromatic heterocycles. The number of nitrogens with zero attached hydrogens (tertiary/aromatic N) is 4. The third kappa shape index (κ3) is 2.38. The third-order valence-corrected chi connectivity index (χ3v) is 3.90. The van der Waals surface area contributed by atoms with Crippen LogP contribution in [-0.2, 0) is 6.54 Å². The van der Waals surface area contributed by atoms with E-state index < -0.39 is 0 Å². The van der Waals surface area contributed by atoms with E-state index >= 15 is 0 Å². The van der Waals surface area contributed by atoms with Crippen molar-refractivity contribution in [1.82, 2.24) is 20.2 Å². The van der Waals surface area contributed by atoms with Crippen molar-refractivity contribution < 1.29 is 0 Å². The van der Waals surface area contributed by atoms with Crippen LogP contribution in [0.15, 0.2) is 22.7 Å². The molecular weight excluding hydrogens is 294 g/mol. The highest BCUT2D eigenvalue weighted by molar-refractivity contribution is 9.10. The van der Waals surface area contributed by atoms with E-state index in [1.165, 1.54) is 12.8 Å². The minimum Gasteiger partial charge on any atom is -0.399 e. The highest BCUT2D eigenvalue weighted by atomic mass is 79.9. The molecule has 6 heteroatoms. The molecule has 1 saturated carbocycles. The first-order valence-corrected chi connectivity index (χ1v) is 6.85. The zero-order valence-corrected chi connectivity index (χ0v) is 11.5. The molecule has 0 saturated heterocycles. The van der Waals surface area contributed by atoms with Crippen LogP contribution >= 0.6 is 15.9 Å². The van der Waals surface area contributed by atoms with E-state index in [9.17, 15) is 0 Å². The van der Waals surface area contributed by atoms with Gasteiger partial charge in [-0.3, -0.25) is 0 Å². The van der Waals surface area contributed by atoms with Gasteiger partial charge in [0.05, 0.1) is 0 Å². The Labute approximate surface area is 113 Å². The third-order valence-electron chi connectivity index (χ3n) is 3.21. The van der Waals surface area contributed by atoms with Crippen LogP contribution in [0.4, 0.5) is 5.69 Å². The lowest BCUT2D eigenvalue weighted by atomic mass is 10.2. The van der Waals surface area contributed by atoms with E-state index in [-0.39, 0.29) is 0 Å². The number of benzene rings is 1. The average molecular weight is 308 g/mol. The molecule has 1 heterocycles. The minimum atomic E-state index is 0.713. The molecule has 5 nitrogen and oxygen atoms in total. The number of hydrogen-bond donors (Lipinski definition) is 1. The van der Waals surface area contributed by atoms with Crippen molar-refractivity contribution in [3.05, 3.63) is 22.7 Å². The summed E-state index contributed by atoms with van der Waals surface area (Å²) < 4.78 is 2.82. The Morgan fingerprint density at radius 1 is 1.39 bits per heavy atom. The SMILES string of the molecule is Nc1ccc(Br)c(-c2nnnn2CCC2CC2)c1. The maximum atomic E-state index is 5.82. The molecule has 1 aromatic carbocycles. The van der Waals surface area contributed by atoms with Gasteiger partial charge in [0.1, 0.15) is 0 Å². The zero-order valence-electron chi connectivity index (χ0n) is 9.88. The van der Waals surface area contributed by atoms with Crippen LogP contribution in [0.25, 0.3) is 11.4 Å². The Bertz CT molecular complexity index is 561. The Balaban J connectivity index is 1.90. The summed E-state index contributed by atoms with van der Waals surface area (Å²) in [5.74, 6) is 1.64. The fraction of sp³-hybridized carbons (Fsp3) is 0.417. The molecule has 2 aromatic rings. The second-order valence-corrected chi connectivity index (χ2v) is 5.55. The number of tetrazole rings is 1. The number of rotatable bonds is 4. The quantitative estimate of drug-likeness (QED) is 0.881. The van der Waals surface area contributed by atoms with Gasteiger partial charge in [0.2, 0.25) is 0 Å².